The molecule has 0 N–H and O–H groups in total. The molecule has 0 aromatic heterocycles. The summed E-state index contributed by atoms with van der Waals surface area (Å²) in [6, 6.07) is 4.87. The van der Waals surface area contributed by atoms with Gasteiger partial charge in [0.2, 0.25) is 0 Å². The summed E-state index contributed by atoms with van der Waals surface area (Å²) in [7, 11) is -0.434. The molecule has 11 heteroatoms. The van der Waals surface area contributed by atoms with Crippen molar-refractivity contribution in [1.82, 2.24) is 0 Å². The molecule has 3 atom stereocenters. The van der Waals surface area contributed by atoms with Gasteiger partial charge in [-0.05, 0) is 54.7 Å². The fraction of sp³-hybridized carbons (Fsp3) is 0.667. The summed E-state index contributed by atoms with van der Waals surface area (Å²) in [4.78, 5) is 0. The number of rotatable bonds is 23. The van der Waals surface area contributed by atoms with E-state index in [1.54, 1.807) is 12.1 Å². The Morgan fingerprint density at radius 3 is 1.36 bits per heavy atom. The molecule has 284 valence electrons. The molecule has 0 amide bonds. The van der Waals surface area contributed by atoms with Gasteiger partial charge in [-0.15, -0.1) is 5.48 Å². The lowest BCUT2D eigenvalue weighted by molar-refractivity contribution is -0.209. The molecule has 0 saturated heterocycles. The van der Waals surface area contributed by atoms with Crippen molar-refractivity contribution in [2.45, 2.75) is 131 Å². The molecule has 0 spiro atoms. The summed E-state index contributed by atoms with van der Waals surface area (Å²) in [5.41, 5.74) is -6.04. The quantitative estimate of drug-likeness (QED) is 0.0843. The SMILES string of the molecule is CCCCC(CC)COc1cc(OCC(CC)CCCC)c(P=C([O-])c2c(C(F)(F)F)cccc2C(F)(F)F)c(OCC(CC)CCCC)c1. The Morgan fingerprint density at radius 1 is 0.640 bits per heavy atom. The van der Waals surface area contributed by atoms with Crippen molar-refractivity contribution in [2.75, 3.05) is 19.8 Å². The van der Waals surface area contributed by atoms with Gasteiger partial charge in [-0.25, -0.2) is 0 Å². The molecule has 2 aromatic rings. The van der Waals surface area contributed by atoms with Gasteiger partial charge in [0.25, 0.3) is 0 Å². The molecular weight excluding hydrogens is 677 g/mol. The number of ether oxygens (including phenoxy) is 3. The molecule has 0 radical (unpaired) electrons. The minimum absolute atomic E-state index is 0.0844. The van der Waals surface area contributed by atoms with E-state index < -0.39 is 42.7 Å². The molecule has 0 heterocycles. The Bertz CT molecular complexity index is 1240. The molecule has 50 heavy (non-hydrogen) atoms. The molecule has 2 rings (SSSR count). The van der Waals surface area contributed by atoms with Crippen molar-refractivity contribution in [1.29, 1.82) is 0 Å². The Kier molecular flexibility index (Phi) is 19.1. The van der Waals surface area contributed by atoms with Crippen LogP contribution in [0.2, 0.25) is 0 Å². The molecule has 0 aliphatic carbocycles. The van der Waals surface area contributed by atoms with Gasteiger partial charge in [-0.1, -0.05) is 114 Å². The second-order valence-corrected chi connectivity index (χ2v) is 14.2. The Labute approximate surface area is 297 Å². The number of hydrogen-bond acceptors (Lipinski definition) is 4. The molecule has 4 nitrogen and oxygen atoms in total. The van der Waals surface area contributed by atoms with Gasteiger partial charge in [0.05, 0.1) is 36.3 Å². The summed E-state index contributed by atoms with van der Waals surface area (Å²) in [6.07, 6.45) is 0.940. The van der Waals surface area contributed by atoms with E-state index in [0.717, 1.165) is 77.0 Å². The lowest BCUT2D eigenvalue weighted by Crippen LogP contribution is -2.27. The van der Waals surface area contributed by atoms with E-state index in [-0.39, 0.29) is 41.9 Å². The molecule has 0 aliphatic heterocycles. The average molecular weight is 734 g/mol. The molecule has 0 bridgehead atoms. The summed E-state index contributed by atoms with van der Waals surface area (Å²) in [5, 5.41) is 13.9. The Morgan fingerprint density at radius 2 is 1.02 bits per heavy atom. The Hall–Kier alpha value is -2.45. The fourth-order valence-electron chi connectivity index (χ4n) is 5.71. The summed E-state index contributed by atoms with van der Waals surface area (Å²) in [5.74, 6) is 1.33. The second kappa shape index (κ2) is 21.8. The van der Waals surface area contributed by atoms with E-state index in [1.807, 2.05) is 13.8 Å². The molecule has 0 fully saturated rings. The monoisotopic (exact) mass is 733 g/mol. The van der Waals surface area contributed by atoms with Crippen molar-refractivity contribution in [3.63, 3.8) is 0 Å². The van der Waals surface area contributed by atoms with Crippen LogP contribution in [0.3, 0.4) is 0 Å². The predicted molar refractivity (Wildman–Crippen MR) is 190 cm³/mol. The van der Waals surface area contributed by atoms with E-state index in [1.165, 1.54) is 0 Å². The smallest absolute Gasteiger partial charge is 0.416 e. The predicted octanol–water partition coefficient (Wildman–Crippen LogP) is 11.6. The van der Waals surface area contributed by atoms with Gasteiger partial charge in [-0.2, -0.15) is 26.3 Å². The largest absolute Gasteiger partial charge is 0.823 e. The summed E-state index contributed by atoms with van der Waals surface area (Å²) >= 11 is 0. The van der Waals surface area contributed by atoms with Crippen molar-refractivity contribution >= 4 is 19.0 Å². The van der Waals surface area contributed by atoms with E-state index >= 15 is 0 Å². The zero-order chi connectivity index (χ0) is 37.3. The van der Waals surface area contributed by atoms with E-state index in [9.17, 15) is 31.4 Å². The number of hydrogen-bond donors (Lipinski definition) is 0. The highest BCUT2D eigenvalue weighted by atomic mass is 31.1. The Balaban J connectivity index is 2.82. The lowest BCUT2D eigenvalue weighted by atomic mass is 10.0. The maximum absolute atomic E-state index is 14.1. The van der Waals surface area contributed by atoms with Crippen LogP contribution in [-0.2, 0) is 12.4 Å². The van der Waals surface area contributed by atoms with Crippen LogP contribution < -0.4 is 24.6 Å². The van der Waals surface area contributed by atoms with Gasteiger partial charge >= 0.3 is 12.4 Å². The van der Waals surface area contributed by atoms with Crippen LogP contribution in [0, 0.1) is 17.8 Å². The maximum atomic E-state index is 14.1. The highest BCUT2D eigenvalue weighted by Gasteiger charge is 2.40. The normalized spacial score (nSPS) is 14.4. The van der Waals surface area contributed by atoms with Gasteiger partial charge in [-0.3, -0.25) is 0 Å². The van der Waals surface area contributed by atoms with Crippen molar-refractivity contribution in [2.24, 2.45) is 17.8 Å². The first-order valence-corrected chi connectivity index (χ1v) is 19.2. The average Bonchev–Trinajstić information content (AvgIpc) is 3.08. The minimum atomic E-state index is -5.19. The molecular formula is C39H56F6O4P-. The molecule has 3 unspecified atom stereocenters. The maximum Gasteiger partial charge on any atom is 0.416 e. The van der Waals surface area contributed by atoms with Gasteiger partial charge in [0.15, 0.2) is 0 Å². The van der Waals surface area contributed by atoms with Crippen molar-refractivity contribution in [3.05, 3.63) is 47.0 Å². The molecule has 2 aromatic carbocycles. The zero-order valence-electron chi connectivity index (χ0n) is 30.6. The third kappa shape index (κ3) is 13.9. The van der Waals surface area contributed by atoms with E-state index in [0.29, 0.717) is 36.5 Å². The topological polar surface area (TPSA) is 50.8 Å². The van der Waals surface area contributed by atoms with Crippen LogP contribution in [0.1, 0.15) is 135 Å². The van der Waals surface area contributed by atoms with Crippen LogP contribution in [-0.4, -0.2) is 25.3 Å². The first-order valence-electron chi connectivity index (χ1n) is 18.3. The van der Waals surface area contributed by atoms with Gasteiger partial charge in [0.1, 0.15) is 17.2 Å². The van der Waals surface area contributed by atoms with E-state index in [2.05, 4.69) is 27.7 Å². The minimum Gasteiger partial charge on any atom is -0.823 e. The third-order valence-electron chi connectivity index (χ3n) is 9.18. The van der Waals surface area contributed by atoms with Gasteiger partial charge in [0, 0.05) is 12.1 Å². The number of benzene rings is 2. The van der Waals surface area contributed by atoms with Gasteiger partial charge < -0.3 is 19.3 Å². The first-order chi connectivity index (χ1) is 23.7. The first kappa shape index (κ1) is 43.7. The number of alkyl halides is 6. The van der Waals surface area contributed by atoms with Crippen molar-refractivity contribution < 1.29 is 45.7 Å². The highest BCUT2D eigenvalue weighted by Crippen LogP contribution is 2.41. The highest BCUT2D eigenvalue weighted by molar-refractivity contribution is 7.49. The zero-order valence-corrected chi connectivity index (χ0v) is 31.5. The van der Waals surface area contributed by atoms with Crippen LogP contribution in [0.4, 0.5) is 26.3 Å². The fourth-order valence-corrected chi connectivity index (χ4v) is 6.74. The van der Waals surface area contributed by atoms with Crippen LogP contribution >= 0.6 is 8.20 Å². The molecule has 0 saturated carbocycles. The third-order valence-corrected chi connectivity index (χ3v) is 10.3. The number of halogens is 6. The van der Waals surface area contributed by atoms with Crippen LogP contribution in [0.15, 0.2) is 30.3 Å². The van der Waals surface area contributed by atoms with E-state index in [4.69, 9.17) is 14.2 Å². The summed E-state index contributed by atoms with van der Waals surface area (Å²) in [6.45, 7) is 13.4. The number of unbranched alkanes of at least 4 members (excludes halogenated alkanes) is 3. The second-order valence-electron chi connectivity index (χ2n) is 13.1. The van der Waals surface area contributed by atoms with Crippen LogP contribution in [0.5, 0.6) is 17.2 Å². The molecule has 0 aliphatic rings. The van der Waals surface area contributed by atoms with Crippen molar-refractivity contribution in [3.8, 4) is 17.2 Å². The summed E-state index contributed by atoms with van der Waals surface area (Å²) < 4.78 is 104. The van der Waals surface area contributed by atoms with Crippen LogP contribution in [0.25, 0.3) is 0 Å². The lowest BCUT2D eigenvalue weighted by Gasteiger charge is -2.25. The standard InChI is InChI=1S/C39H57F6O4P/c1-7-13-17-27(10-4)24-47-30-22-33(48-25-28(11-5)18-14-8-2)36(34(23-30)49-26-29(12-6)19-15-9-3)50-37(46)35-31(38(40,41)42)20-16-21-32(35)39(43,44)45/h16,20-23,27-29,46H,7-15,17-19,24-26H2,1-6H3/p-1.